The number of rotatable bonds is 7. The number of fused-ring (bicyclic) bond motifs is 3. The molecule has 3 nitrogen and oxygen atoms in total. The molecule has 266 valence electrons. The molecular weight excluding hydrogens is 679 g/mol. The standard InChI is InChI=1S/C52H35N3.CH4/c1-4-13-35(14-5-1)37-27-31-41(32-28-37)51-53-50(40-17-8-3-9-18-40)54-52(55-51)47-24-12-23-46-45-22-11-21-44(48(45)34-49(46)47)39-29-25-38(26-30-39)43-20-10-19-42(33-43)36-15-6-2-7-16-36;/h1-33H,34H2;1H4. The normalized spacial score (nSPS) is 11.4. The topological polar surface area (TPSA) is 38.7 Å². The maximum Gasteiger partial charge on any atom is 0.164 e. The molecule has 1 heterocycles. The van der Waals surface area contributed by atoms with Crippen LogP contribution >= 0.6 is 0 Å². The number of benzene rings is 8. The summed E-state index contributed by atoms with van der Waals surface area (Å²) in [5.74, 6) is 2.01. The molecule has 0 radical (unpaired) electrons. The number of hydrogen-bond acceptors (Lipinski definition) is 3. The largest absolute Gasteiger partial charge is 0.208 e. The zero-order valence-electron chi connectivity index (χ0n) is 30.1. The lowest BCUT2D eigenvalue weighted by molar-refractivity contribution is 1.07. The highest BCUT2D eigenvalue weighted by Gasteiger charge is 2.26. The summed E-state index contributed by atoms with van der Waals surface area (Å²) in [4.78, 5) is 15.3. The van der Waals surface area contributed by atoms with Crippen LogP contribution in [0.1, 0.15) is 18.6 Å². The van der Waals surface area contributed by atoms with Gasteiger partial charge < -0.3 is 0 Å². The number of hydrogen-bond donors (Lipinski definition) is 0. The number of aromatic nitrogens is 3. The van der Waals surface area contributed by atoms with Gasteiger partial charge in [-0.1, -0.05) is 202 Å². The van der Waals surface area contributed by atoms with Crippen molar-refractivity contribution < 1.29 is 0 Å². The van der Waals surface area contributed by atoms with Crippen molar-refractivity contribution in [3.63, 3.8) is 0 Å². The number of nitrogens with zero attached hydrogens (tertiary/aromatic N) is 3. The lowest BCUT2D eigenvalue weighted by Gasteiger charge is -2.12. The molecule has 1 aliphatic carbocycles. The van der Waals surface area contributed by atoms with Crippen LogP contribution in [-0.2, 0) is 6.42 Å². The summed E-state index contributed by atoms with van der Waals surface area (Å²) in [7, 11) is 0. The van der Waals surface area contributed by atoms with E-state index in [1.807, 2.05) is 24.3 Å². The van der Waals surface area contributed by atoms with Gasteiger partial charge >= 0.3 is 0 Å². The highest BCUT2D eigenvalue weighted by molar-refractivity contribution is 5.89. The third-order valence-electron chi connectivity index (χ3n) is 10.7. The summed E-state index contributed by atoms with van der Waals surface area (Å²) in [5, 5.41) is 0. The Kier molecular flexibility index (Phi) is 9.18. The Morgan fingerprint density at radius 1 is 0.250 bits per heavy atom. The van der Waals surface area contributed by atoms with E-state index in [0.717, 1.165) is 28.7 Å². The molecule has 8 aromatic carbocycles. The predicted octanol–water partition coefficient (Wildman–Crippen LogP) is 13.7. The summed E-state index contributed by atoms with van der Waals surface area (Å²) >= 11 is 0. The van der Waals surface area contributed by atoms with E-state index < -0.39 is 0 Å². The lowest BCUT2D eigenvalue weighted by atomic mass is 9.93. The second-order valence-electron chi connectivity index (χ2n) is 14.0. The Morgan fingerprint density at radius 3 is 1.16 bits per heavy atom. The Hall–Kier alpha value is -7.23. The first kappa shape index (κ1) is 34.5. The van der Waals surface area contributed by atoms with Gasteiger partial charge in [0, 0.05) is 23.1 Å². The SMILES string of the molecule is C.c1ccc(-c2ccc(-c3nc(-c4ccccc4)nc(-c4cccc5c4Cc4c(-c6ccc(-c7cccc(-c8ccccc8)c7)cc6)cccc4-5)n3)cc2)cc1. The minimum absolute atomic E-state index is 0. The first-order valence-electron chi connectivity index (χ1n) is 18.7. The van der Waals surface area contributed by atoms with Crippen LogP contribution in [0.4, 0.5) is 0 Å². The quantitative estimate of drug-likeness (QED) is 0.165. The summed E-state index contributed by atoms with van der Waals surface area (Å²) in [6, 6.07) is 70.7. The zero-order valence-corrected chi connectivity index (χ0v) is 30.1. The van der Waals surface area contributed by atoms with Gasteiger partial charge in [0.15, 0.2) is 17.5 Å². The van der Waals surface area contributed by atoms with E-state index in [2.05, 4.69) is 176 Å². The minimum atomic E-state index is 0. The van der Waals surface area contributed by atoms with Gasteiger partial charge in [-0.15, -0.1) is 0 Å². The third-order valence-corrected chi connectivity index (χ3v) is 10.7. The van der Waals surface area contributed by atoms with E-state index in [-0.39, 0.29) is 7.43 Å². The Balaban J connectivity index is 0.00000410. The Bertz CT molecular complexity index is 2790. The fourth-order valence-electron chi connectivity index (χ4n) is 7.85. The van der Waals surface area contributed by atoms with E-state index in [0.29, 0.717) is 17.5 Å². The maximum absolute atomic E-state index is 5.16. The maximum atomic E-state index is 5.16. The van der Waals surface area contributed by atoms with Crippen LogP contribution in [0.5, 0.6) is 0 Å². The van der Waals surface area contributed by atoms with E-state index in [4.69, 9.17) is 15.0 Å². The van der Waals surface area contributed by atoms with Crippen LogP contribution < -0.4 is 0 Å². The first-order valence-corrected chi connectivity index (χ1v) is 18.7. The van der Waals surface area contributed by atoms with Crippen molar-refractivity contribution in [3.8, 4) is 89.8 Å². The molecule has 0 spiro atoms. The summed E-state index contributed by atoms with van der Waals surface area (Å²) in [6.07, 6.45) is 0.797. The molecule has 10 rings (SSSR count). The average Bonchev–Trinajstić information content (AvgIpc) is 3.67. The second-order valence-corrected chi connectivity index (χ2v) is 14.0. The molecule has 0 amide bonds. The van der Waals surface area contributed by atoms with E-state index in [1.54, 1.807) is 0 Å². The van der Waals surface area contributed by atoms with Crippen LogP contribution in [0, 0.1) is 0 Å². The van der Waals surface area contributed by atoms with Crippen LogP contribution in [0.3, 0.4) is 0 Å². The molecule has 0 aliphatic heterocycles. The lowest BCUT2D eigenvalue weighted by Crippen LogP contribution is -2.02. The van der Waals surface area contributed by atoms with Gasteiger partial charge in [0.05, 0.1) is 0 Å². The monoisotopic (exact) mass is 717 g/mol. The fraction of sp³-hybridized carbons (Fsp3) is 0.0377. The zero-order chi connectivity index (χ0) is 36.6. The molecule has 56 heavy (non-hydrogen) atoms. The van der Waals surface area contributed by atoms with Gasteiger partial charge in [0.2, 0.25) is 0 Å². The summed E-state index contributed by atoms with van der Waals surface area (Å²) in [5.41, 5.74) is 17.7. The van der Waals surface area contributed by atoms with Crippen molar-refractivity contribution in [2.75, 3.05) is 0 Å². The van der Waals surface area contributed by atoms with Crippen molar-refractivity contribution in [3.05, 3.63) is 211 Å². The van der Waals surface area contributed by atoms with Crippen molar-refractivity contribution in [2.24, 2.45) is 0 Å². The van der Waals surface area contributed by atoms with Crippen molar-refractivity contribution >= 4 is 0 Å². The van der Waals surface area contributed by atoms with Gasteiger partial charge in [-0.2, -0.15) is 0 Å². The fourth-order valence-corrected chi connectivity index (χ4v) is 7.85. The molecule has 0 bridgehead atoms. The molecule has 0 saturated heterocycles. The molecule has 0 unspecified atom stereocenters. The van der Waals surface area contributed by atoms with Crippen LogP contribution in [0.15, 0.2) is 200 Å². The smallest absolute Gasteiger partial charge is 0.164 e. The van der Waals surface area contributed by atoms with E-state index in [1.165, 1.54) is 61.2 Å². The van der Waals surface area contributed by atoms with Crippen LogP contribution in [0.2, 0.25) is 0 Å². The summed E-state index contributed by atoms with van der Waals surface area (Å²) in [6.45, 7) is 0. The van der Waals surface area contributed by atoms with Crippen molar-refractivity contribution in [2.45, 2.75) is 13.8 Å². The average molecular weight is 718 g/mol. The summed E-state index contributed by atoms with van der Waals surface area (Å²) < 4.78 is 0. The van der Waals surface area contributed by atoms with Crippen molar-refractivity contribution in [1.29, 1.82) is 0 Å². The molecule has 0 atom stereocenters. The molecule has 0 saturated carbocycles. The molecule has 9 aromatic rings. The predicted molar refractivity (Wildman–Crippen MR) is 233 cm³/mol. The highest BCUT2D eigenvalue weighted by atomic mass is 15.0. The van der Waals surface area contributed by atoms with Crippen LogP contribution in [0.25, 0.3) is 89.8 Å². The second kappa shape index (κ2) is 14.9. The van der Waals surface area contributed by atoms with Gasteiger partial charge in [-0.25, -0.2) is 15.0 Å². The molecule has 1 aliphatic rings. The van der Waals surface area contributed by atoms with Gasteiger partial charge in [-0.05, 0) is 72.8 Å². The Labute approximate surface area is 328 Å². The van der Waals surface area contributed by atoms with Crippen LogP contribution in [-0.4, -0.2) is 15.0 Å². The van der Waals surface area contributed by atoms with E-state index >= 15 is 0 Å². The molecule has 0 N–H and O–H groups in total. The van der Waals surface area contributed by atoms with Gasteiger partial charge in [0.25, 0.3) is 0 Å². The highest BCUT2D eigenvalue weighted by Crippen LogP contribution is 2.45. The van der Waals surface area contributed by atoms with Gasteiger partial charge in [0.1, 0.15) is 0 Å². The Morgan fingerprint density at radius 2 is 0.589 bits per heavy atom. The molecular formula is C53H39N3. The molecule has 1 aromatic heterocycles. The molecule has 3 heteroatoms. The first-order chi connectivity index (χ1) is 27.2. The van der Waals surface area contributed by atoms with Gasteiger partial charge in [-0.3, -0.25) is 0 Å². The van der Waals surface area contributed by atoms with E-state index in [9.17, 15) is 0 Å². The molecule has 0 fully saturated rings. The minimum Gasteiger partial charge on any atom is -0.208 e. The van der Waals surface area contributed by atoms with Crippen molar-refractivity contribution in [1.82, 2.24) is 15.0 Å². The third kappa shape index (κ3) is 6.50.